The van der Waals surface area contributed by atoms with Crippen LogP contribution in [0.2, 0.25) is 0 Å². The SMILES string of the molecule is CN(c1nc(-c2ccccc2)nc(-c2ccccc2)n1)c1ccc(N(c2ccc(-c3ccccc3)cc2)c2ccc(-c3ccccc3)cc2)cc1-c1ccc2c(c1)-c1ccccc1C21c2ccccc2-c2ccccc21. The van der Waals surface area contributed by atoms with Crippen LogP contribution in [-0.2, 0) is 5.41 Å². The van der Waals surface area contributed by atoms with E-state index in [-0.39, 0.29) is 0 Å². The van der Waals surface area contributed by atoms with Crippen molar-refractivity contribution in [3.8, 4) is 78.4 Å². The third kappa shape index (κ3) is 7.43. The standard InChI is InChI=1S/C71H49N5/c1-75(70-73-68(52-24-10-4-11-25-52)72-69(74-70)53-26-12-5-13-27-53)67-45-43-57(76(55-39-34-50(35-40-55)48-20-6-2-7-21-48)56-41-36-51(37-42-56)49-22-8-3-9-23-49)47-61(67)54-38-44-66-62(46-54)60-30-16-19-33-65(60)71(66)63-31-17-14-28-58(63)59-29-15-18-32-64(59)71/h2-47H,1H3. The van der Waals surface area contributed by atoms with Crippen LogP contribution in [0, 0.1) is 0 Å². The summed E-state index contributed by atoms with van der Waals surface area (Å²) < 4.78 is 0. The molecule has 2 aliphatic rings. The number of rotatable bonds is 10. The van der Waals surface area contributed by atoms with Crippen molar-refractivity contribution < 1.29 is 0 Å². The lowest BCUT2D eigenvalue weighted by Crippen LogP contribution is -2.25. The van der Waals surface area contributed by atoms with Gasteiger partial charge in [-0.15, -0.1) is 0 Å². The molecule has 0 bridgehead atoms. The second-order valence-electron chi connectivity index (χ2n) is 19.6. The Morgan fingerprint density at radius 3 is 1.12 bits per heavy atom. The second-order valence-corrected chi connectivity index (χ2v) is 19.6. The minimum atomic E-state index is -0.458. The molecule has 5 heteroatoms. The summed E-state index contributed by atoms with van der Waals surface area (Å²) in [4.78, 5) is 20.0. The number of aromatic nitrogens is 3. The highest BCUT2D eigenvalue weighted by molar-refractivity contribution is 5.97. The zero-order chi connectivity index (χ0) is 50.6. The Morgan fingerprint density at radius 1 is 0.276 bits per heavy atom. The van der Waals surface area contributed by atoms with Gasteiger partial charge in [-0.3, -0.25) is 0 Å². The van der Waals surface area contributed by atoms with Gasteiger partial charge in [0.25, 0.3) is 0 Å². The molecule has 0 atom stereocenters. The Balaban J connectivity index is 0.982. The second kappa shape index (κ2) is 18.5. The Labute approximate surface area is 443 Å². The predicted molar refractivity (Wildman–Crippen MR) is 312 cm³/mol. The van der Waals surface area contributed by atoms with E-state index in [1.807, 2.05) is 36.4 Å². The zero-order valence-corrected chi connectivity index (χ0v) is 41.8. The topological polar surface area (TPSA) is 45.2 Å². The third-order valence-corrected chi connectivity index (χ3v) is 15.4. The van der Waals surface area contributed by atoms with Crippen molar-refractivity contribution in [3.05, 3.63) is 301 Å². The van der Waals surface area contributed by atoms with E-state index in [1.165, 1.54) is 55.6 Å². The molecule has 1 heterocycles. The van der Waals surface area contributed by atoms with E-state index in [0.717, 1.165) is 56.1 Å². The number of anilines is 5. The average molecular weight is 972 g/mol. The van der Waals surface area contributed by atoms with E-state index in [9.17, 15) is 0 Å². The molecule has 358 valence electrons. The molecular weight excluding hydrogens is 923 g/mol. The molecule has 0 amide bonds. The number of nitrogens with zero attached hydrogens (tertiary/aromatic N) is 5. The first-order valence-corrected chi connectivity index (χ1v) is 25.9. The lowest BCUT2D eigenvalue weighted by atomic mass is 9.70. The van der Waals surface area contributed by atoms with Crippen molar-refractivity contribution in [3.63, 3.8) is 0 Å². The van der Waals surface area contributed by atoms with Crippen LogP contribution in [0.15, 0.2) is 279 Å². The Hall–Kier alpha value is -9.97. The van der Waals surface area contributed by atoms with Crippen molar-refractivity contribution in [1.82, 2.24) is 15.0 Å². The molecule has 2 aliphatic carbocycles. The molecule has 0 radical (unpaired) electrons. The molecule has 11 aromatic carbocycles. The first-order chi connectivity index (χ1) is 37.6. The minimum absolute atomic E-state index is 0.458. The van der Waals surface area contributed by atoms with E-state index in [2.05, 4.69) is 260 Å². The Kier molecular flexibility index (Phi) is 10.9. The van der Waals surface area contributed by atoms with E-state index in [4.69, 9.17) is 15.0 Å². The maximum absolute atomic E-state index is 5.23. The number of hydrogen-bond acceptors (Lipinski definition) is 5. The number of fused-ring (bicyclic) bond motifs is 10. The van der Waals surface area contributed by atoms with Gasteiger partial charge in [-0.1, -0.05) is 231 Å². The summed E-state index contributed by atoms with van der Waals surface area (Å²) in [7, 11) is 2.07. The van der Waals surface area contributed by atoms with Gasteiger partial charge < -0.3 is 9.80 Å². The smallest absolute Gasteiger partial charge is 0.233 e. The molecule has 76 heavy (non-hydrogen) atoms. The Morgan fingerprint density at radius 2 is 0.645 bits per heavy atom. The lowest BCUT2D eigenvalue weighted by Gasteiger charge is -2.30. The van der Waals surface area contributed by atoms with Crippen LogP contribution in [0.4, 0.5) is 28.7 Å². The number of hydrogen-bond donors (Lipinski definition) is 0. The molecular formula is C71H49N5. The van der Waals surface area contributed by atoms with Gasteiger partial charge in [-0.2, -0.15) is 9.97 Å². The fourth-order valence-corrected chi connectivity index (χ4v) is 11.8. The third-order valence-electron chi connectivity index (χ3n) is 15.4. The molecule has 14 rings (SSSR count). The van der Waals surface area contributed by atoms with Crippen molar-refractivity contribution in [2.24, 2.45) is 0 Å². The van der Waals surface area contributed by atoms with Crippen LogP contribution in [-0.4, -0.2) is 22.0 Å². The molecule has 1 aromatic heterocycles. The molecule has 0 fully saturated rings. The molecule has 1 spiro atoms. The molecule has 12 aromatic rings. The predicted octanol–water partition coefficient (Wildman–Crippen LogP) is 17.8. The van der Waals surface area contributed by atoms with Crippen LogP contribution in [0.1, 0.15) is 22.3 Å². The van der Waals surface area contributed by atoms with Gasteiger partial charge in [0.05, 0.1) is 11.1 Å². The van der Waals surface area contributed by atoms with Crippen LogP contribution < -0.4 is 9.80 Å². The van der Waals surface area contributed by atoms with Crippen molar-refractivity contribution in [1.29, 1.82) is 0 Å². The normalized spacial score (nSPS) is 12.4. The highest BCUT2D eigenvalue weighted by Crippen LogP contribution is 2.63. The van der Waals surface area contributed by atoms with E-state index >= 15 is 0 Å². The maximum Gasteiger partial charge on any atom is 0.233 e. The summed E-state index contributed by atoms with van der Waals surface area (Å²) in [6.45, 7) is 0. The highest BCUT2D eigenvalue weighted by atomic mass is 15.3. The molecule has 5 nitrogen and oxygen atoms in total. The van der Waals surface area contributed by atoms with Crippen molar-refractivity contribution in [2.45, 2.75) is 5.41 Å². The molecule has 0 saturated heterocycles. The van der Waals surface area contributed by atoms with Gasteiger partial charge in [0.15, 0.2) is 11.6 Å². The molecule has 0 unspecified atom stereocenters. The first-order valence-electron chi connectivity index (χ1n) is 25.9. The Bertz CT molecular complexity index is 3920. The van der Waals surface area contributed by atoms with Crippen LogP contribution >= 0.6 is 0 Å². The summed E-state index contributed by atoms with van der Waals surface area (Å²) in [5.74, 6) is 1.75. The average Bonchev–Trinajstić information content (AvgIpc) is 4.14. The fraction of sp³-hybridized carbons (Fsp3) is 0.0282. The number of benzene rings is 11. The van der Waals surface area contributed by atoms with Gasteiger partial charge in [-0.25, -0.2) is 4.98 Å². The summed E-state index contributed by atoms with van der Waals surface area (Å²) in [5.41, 5.74) is 22.5. The quantitative estimate of drug-likeness (QED) is 0.137. The van der Waals surface area contributed by atoms with Crippen LogP contribution in [0.5, 0.6) is 0 Å². The highest BCUT2D eigenvalue weighted by Gasteiger charge is 2.51. The largest absolute Gasteiger partial charge is 0.313 e. The van der Waals surface area contributed by atoms with E-state index < -0.39 is 5.41 Å². The zero-order valence-electron chi connectivity index (χ0n) is 41.8. The summed E-state index contributed by atoms with van der Waals surface area (Å²) in [6, 6.07) is 100. The van der Waals surface area contributed by atoms with Crippen molar-refractivity contribution >= 4 is 28.7 Å². The molecule has 0 saturated carbocycles. The molecule has 0 aliphatic heterocycles. The monoisotopic (exact) mass is 971 g/mol. The summed E-state index contributed by atoms with van der Waals surface area (Å²) in [5, 5.41) is 0. The van der Waals surface area contributed by atoms with Gasteiger partial charge in [0.2, 0.25) is 5.95 Å². The van der Waals surface area contributed by atoms with Crippen LogP contribution in [0.3, 0.4) is 0 Å². The van der Waals surface area contributed by atoms with Gasteiger partial charge in [0, 0.05) is 40.8 Å². The minimum Gasteiger partial charge on any atom is -0.313 e. The summed E-state index contributed by atoms with van der Waals surface area (Å²) in [6.07, 6.45) is 0. The maximum atomic E-state index is 5.23. The van der Waals surface area contributed by atoms with E-state index in [1.54, 1.807) is 0 Å². The first kappa shape index (κ1) is 44.7. The van der Waals surface area contributed by atoms with E-state index in [0.29, 0.717) is 17.6 Å². The van der Waals surface area contributed by atoms with Gasteiger partial charge >= 0.3 is 0 Å². The van der Waals surface area contributed by atoms with Gasteiger partial charge in [0.1, 0.15) is 0 Å². The van der Waals surface area contributed by atoms with Crippen LogP contribution in [0.25, 0.3) is 78.4 Å². The summed E-state index contributed by atoms with van der Waals surface area (Å²) >= 11 is 0. The molecule has 0 N–H and O–H groups in total. The lowest BCUT2D eigenvalue weighted by molar-refractivity contribution is 0.794. The fourth-order valence-electron chi connectivity index (χ4n) is 11.8. The van der Waals surface area contributed by atoms with Gasteiger partial charge in [-0.05, 0) is 121 Å². The van der Waals surface area contributed by atoms with Crippen molar-refractivity contribution in [2.75, 3.05) is 16.8 Å².